The van der Waals surface area contributed by atoms with Gasteiger partial charge in [0.25, 0.3) is 5.91 Å². The van der Waals surface area contributed by atoms with Gasteiger partial charge in [-0.15, -0.1) is 0 Å². The van der Waals surface area contributed by atoms with E-state index in [0.717, 1.165) is 9.64 Å². The number of pyridine rings is 1. The van der Waals surface area contributed by atoms with Gasteiger partial charge in [0.05, 0.1) is 16.8 Å². The first-order chi connectivity index (χ1) is 16.7. The van der Waals surface area contributed by atoms with Crippen molar-refractivity contribution >= 4 is 51.7 Å². The molecule has 3 N–H and O–H groups in total. The van der Waals surface area contributed by atoms with Gasteiger partial charge in [0.15, 0.2) is 11.6 Å². The normalized spacial score (nSPS) is 13.6. The molecule has 0 bridgehead atoms. The van der Waals surface area contributed by atoms with Crippen molar-refractivity contribution in [2.45, 2.75) is 6.92 Å². The molecule has 1 amide bonds. The lowest BCUT2D eigenvalue weighted by Crippen LogP contribution is -2.49. The molecule has 0 spiro atoms. The van der Waals surface area contributed by atoms with Crippen LogP contribution >= 0.6 is 22.6 Å². The molecule has 182 valence electrons. The maximum Gasteiger partial charge on any atom is 0.337 e. The number of amides is 1. The average Bonchev–Trinajstić information content (AvgIpc) is 2.83. The summed E-state index contributed by atoms with van der Waals surface area (Å²) in [7, 11) is 0. The Morgan fingerprint density at radius 2 is 1.74 bits per heavy atom. The number of nitrogens with one attached hydrogen (secondary N) is 1. The van der Waals surface area contributed by atoms with Crippen molar-refractivity contribution in [3.05, 3.63) is 74.4 Å². The van der Waals surface area contributed by atoms with Gasteiger partial charge in [-0.1, -0.05) is 6.07 Å². The monoisotopic (exact) mass is 594 g/mol. The molecule has 2 aromatic carbocycles. The van der Waals surface area contributed by atoms with Crippen molar-refractivity contribution in [2.75, 3.05) is 36.4 Å². The fourth-order valence-corrected chi connectivity index (χ4v) is 4.52. The zero-order chi connectivity index (χ0) is 25.3. The smallest absolute Gasteiger partial charge is 0.337 e. The third-order valence-corrected chi connectivity index (χ3v) is 6.40. The van der Waals surface area contributed by atoms with E-state index < -0.39 is 40.3 Å². The van der Waals surface area contributed by atoms with Gasteiger partial charge in [0.1, 0.15) is 5.82 Å². The minimum Gasteiger partial charge on any atom is -0.493 e. The van der Waals surface area contributed by atoms with Crippen LogP contribution in [0.2, 0.25) is 0 Å². The molecule has 1 aliphatic heterocycles. The molecule has 1 aliphatic rings. The van der Waals surface area contributed by atoms with Crippen LogP contribution in [0.3, 0.4) is 0 Å². The Morgan fingerprint density at radius 3 is 2.37 bits per heavy atom. The number of aromatic nitrogens is 1. The van der Waals surface area contributed by atoms with Crippen molar-refractivity contribution in [3.8, 4) is 5.88 Å². The molecule has 35 heavy (non-hydrogen) atoms. The highest BCUT2D eigenvalue weighted by Gasteiger charge is 2.30. The lowest BCUT2D eigenvalue weighted by molar-refractivity contribution is 0.0697. The Bertz CT molecular complexity index is 1310. The number of aromatic hydroxyl groups is 1. The number of benzene rings is 2. The van der Waals surface area contributed by atoms with Gasteiger partial charge in [0, 0.05) is 41.5 Å². The number of carbonyl (C=O) groups is 2. The number of carbonyl (C=O) groups excluding carboxylic acids is 1. The summed E-state index contributed by atoms with van der Waals surface area (Å²) in [6.45, 7) is 2.82. The van der Waals surface area contributed by atoms with E-state index in [9.17, 15) is 19.8 Å². The number of carboxylic acids is 1. The van der Waals surface area contributed by atoms with Crippen molar-refractivity contribution in [2.24, 2.45) is 0 Å². The van der Waals surface area contributed by atoms with Gasteiger partial charge >= 0.3 is 5.97 Å². The molecule has 8 nitrogen and oxygen atoms in total. The average molecular weight is 594 g/mol. The number of nitrogens with zero attached hydrogens (tertiary/aromatic N) is 3. The van der Waals surface area contributed by atoms with Crippen molar-refractivity contribution < 1.29 is 28.6 Å². The van der Waals surface area contributed by atoms with E-state index in [1.807, 2.05) is 11.0 Å². The highest BCUT2D eigenvalue weighted by molar-refractivity contribution is 14.1. The molecule has 1 saturated heterocycles. The van der Waals surface area contributed by atoms with E-state index in [1.54, 1.807) is 31.2 Å². The largest absolute Gasteiger partial charge is 0.493 e. The van der Waals surface area contributed by atoms with Crippen molar-refractivity contribution in [1.82, 2.24) is 9.88 Å². The Balaban J connectivity index is 1.59. The maximum absolute atomic E-state index is 15.1. The van der Waals surface area contributed by atoms with Gasteiger partial charge < -0.3 is 25.3 Å². The summed E-state index contributed by atoms with van der Waals surface area (Å²) in [6.07, 6.45) is 0. The summed E-state index contributed by atoms with van der Waals surface area (Å²) < 4.78 is 31.1. The van der Waals surface area contributed by atoms with E-state index in [-0.39, 0.29) is 19.0 Å². The molecule has 0 saturated carbocycles. The molecule has 1 fully saturated rings. The highest BCUT2D eigenvalue weighted by atomic mass is 127. The SMILES string of the molecule is Cc1cc(I)ccc1Nc1c(C(=O)O)cc(C(=O)N2CCN(c3cccc(O)n3)CC2)c(F)c1F. The number of aromatic carboxylic acids is 1. The third kappa shape index (κ3) is 5.14. The summed E-state index contributed by atoms with van der Waals surface area (Å²) in [5.74, 6) is -4.75. The predicted molar refractivity (Wildman–Crippen MR) is 135 cm³/mol. The molecule has 0 atom stereocenters. The lowest BCUT2D eigenvalue weighted by Gasteiger charge is -2.35. The number of halogens is 3. The second-order valence-corrected chi connectivity index (χ2v) is 9.24. The summed E-state index contributed by atoms with van der Waals surface area (Å²) in [6, 6.07) is 10.9. The van der Waals surface area contributed by atoms with Gasteiger partial charge in [-0.25, -0.2) is 13.6 Å². The topological polar surface area (TPSA) is 106 Å². The molecule has 0 unspecified atom stereocenters. The number of piperazine rings is 1. The summed E-state index contributed by atoms with van der Waals surface area (Å²) in [4.78, 5) is 32.2. The number of anilines is 3. The quantitative estimate of drug-likeness (QED) is 0.377. The standard InChI is InChI=1S/C24H21F2IN4O4/c1-13-11-14(27)5-6-17(13)28-22-16(24(34)35)12-15(20(25)21(22)26)23(33)31-9-7-30(8-10-31)18-3-2-4-19(32)29-18/h2-6,11-12,28H,7-10H2,1H3,(H,29,32)(H,34,35). The molecule has 0 aliphatic carbocycles. The lowest BCUT2D eigenvalue weighted by atomic mass is 10.0. The van der Waals surface area contributed by atoms with E-state index in [1.165, 1.54) is 11.0 Å². The second kappa shape index (κ2) is 10.0. The molecular formula is C24H21F2IN4O4. The van der Waals surface area contributed by atoms with Crippen molar-refractivity contribution in [3.63, 3.8) is 0 Å². The number of aryl methyl sites for hydroxylation is 1. The number of hydrogen-bond donors (Lipinski definition) is 3. The van der Waals surface area contributed by atoms with E-state index >= 15 is 8.78 Å². The summed E-state index contributed by atoms with van der Waals surface area (Å²) in [5.41, 5.74) is -0.605. The van der Waals surface area contributed by atoms with Crippen LogP contribution in [0.5, 0.6) is 5.88 Å². The van der Waals surface area contributed by atoms with E-state index in [4.69, 9.17) is 0 Å². The maximum atomic E-state index is 15.1. The fraction of sp³-hybridized carbons (Fsp3) is 0.208. The van der Waals surface area contributed by atoms with E-state index in [2.05, 4.69) is 32.9 Å². The Morgan fingerprint density at radius 1 is 1.03 bits per heavy atom. The van der Waals surface area contributed by atoms with E-state index in [0.29, 0.717) is 30.2 Å². The van der Waals surface area contributed by atoms with Gasteiger partial charge in [-0.05, 0) is 65.4 Å². The Kier molecular flexibility index (Phi) is 7.05. The first-order valence-electron chi connectivity index (χ1n) is 10.6. The molecule has 0 radical (unpaired) electrons. The minimum absolute atomic E-state index is 0.131. The Hall–Kier alpha value is -3.48. The fourth-order valence-electron chi connectivity index (χ4n) is 3.87. The molecule has 1 aromatic heterocycles. The van der Waals surface area contributed by atoms with Crippen LogP contribution in [0.15, 0.2) is 42.5 Å². The van der Waals surface area contributed by atoms with Crippen LogP contribution in [-0.4, -0.2) is 58.2 Å². The zero-order valence-corrected chi connectivity index (χ0v) is 20.7. The molecular weight excluding hydrogens is 573 g/mol. The molecule has 2 heterocycles. The van der Waals surface area contributed by atoms with Crippen molar-refractivity contribution in [1.29, 1.82) is 0 Å². The molecule has 4 rings (SSSR count). The third-order valence-electron chi connectivity index (χ3n) is 5.73. The van der Waals surface area contributed by atoms with Crippen LogP contribution in [0.1, 0.15) is 26.3 Å². The van der Waals surface area contributed by atoms with Crippen LogP contribution in [0, 0.1) is 22.1 Å². The Labute approximate surface area is 213 Å². The number of rotatable bonds is 5. The van der Waals surface area contributed by atoms with Crippen LogP contribution in [0.25, 0.3) is 0 Å². The number of carboxylic acid groups (broad SMARTS) is 1. The van der Waals surface area contributed by atoms with Crippen LogP contribution in [0.4, 0.5) is 26.0 Å². The predicted octanol–water partition coefficient (Wildman–Crippen LogP) is 4.38. The van der Waals surface area contributed by atoms with Crippen LogP contribution in [-0.2, 0) is 0 Å². The first-order valence-corrected chi connectivity index (χ1v) is 11.7. The zero-order valence-electron chi connectivity index (χ0n) is 18.6. The first kappa shape index (κ1) is 24.6. The van der Waals surface area contributed by atoms with Gasteiger partial charge in [-0.2, -0.15) is 4.98 Å². The summed E-state index contributed by atoms with van der Waals surface area (Å²) in [5, 5.41) is 21.9. The minimum atomic E-state index is -1.50. The van der Waals surface area contributed by atoms with Gasteiger partial charge in [0.2, 0.25) is 5.88 Å². The van der Waals surface area contributed by atoms with Crippen LogP contribution < -0.4 is 10.2 Å². The number of hydrogen-bond acceptors (Lipinski definition) is 6. The summed E-state index contributed by atoms with van der Waals surface area (Å²) >= 11 is 2.11. The second-order valence-electron chi connectivity index (χ2n) is 8.00. The highest BCUT2D eigenvalue weighted by Crippen LogP contribution is 2.31. The molecule has 3 aromatic rings. The van der Waals surface area contributed by atoms with Gasteiger partial charge in [-0.3, -0.25) is 4.79 Å². The molecule has 11 heteroatoms.